The molecule has 4 aromatic heterocycles. The number of aromatic nitrogens is 1. The smallest absolute Gasteiger partial charge is 0.180 e. The lowest BCUT2D eigenvalue weighted by Crippen LogP contribution is -1.87. The zero-order valence-electron chi connectivity index (χ0n) is 14.1. The van der Waals surface area contributed by atoms with Gasteiger partial charge in [0.05, 0.1) is 11.0 Å². The van der Waals surface area contributed by atoms with Gasteiger partial charge in [-0.15, -0.1) is 0 Å². The number of rotatable bonds is 0. The van der Waals surface area contributed by atoms with E-state index in [0.717, 1.165) is 66.4 Å². The number of furan rings is 3. The Morgan fingerprint density at radius 2 is 1.20 bits per heavy atom. The van der Waals surface area contributed by atoms with E-state index >= 15 is 0 Å². The Morgan fingerprint density at radius 1 is 0.640 bits per heavy atom. The lowest BCUT2D eigenvalue weighted by Gasteiger charge is -1.99. The van der Waals surface area contributed by atoms with E-state index in [1.165, 1.54) is 0 Å². The molecule has 0 aliphatic carbocycles. The van der Waals surface area contributed by atoms with Gasteiger partial charge in [0.2, 0.25) is 0 Å². The molecule has 0 amide bonds. The molecular formula is C21H15NO3. The minimum atomic E-state index is 0.809. The minimum Gasteiger partial charge on any atom is -0.459 e. The second kappa shape index (κ2) is 4.09. The third-order valence-electron chi connectivity index (χ3n) is 5.14. The van der Waals surface area contributed by atoms with E-state index in [4.69, 9.17) is 13.3 Å². The molecule has 0 radical (unpaired) electrons. The average molecular weight is 329 g/mol. The topological polar surface area (TPSA) is 44.4 Å². The summed E-state index contributed by atoms with van der Waals surface area (Å²) in [7, 11) is 2.06. The first kappa shape index (κ1) is 13.2. The Kier molecular flexibility index (Phi) is 2.16. The molecule has 25 heavy (non-hydrogen) atoms. The van der Waals surface area contributed by atoms with Gasteiger partial charge in [-0.1, -0.05) is 12.1 Å². The molecule has 6 rings (SSSR count). The van der Waals surface area contributed by atoms with Gasteiger partial charge in [0.1, 0.15) is 11.5 Å². The average Bonchev–Trinajstić information content (AvgIpc) is 3.28. The molecule has 4 heteroatoms. The highest BCUT2D eigenvalue weighted by Gasteiger charge is 2.21. The van der Waals surface area contributed by atoms with Crippen molar-refractivity contribution in [2.45, 2.75) is 13.8 Å². The van der Waals surface area contributed by atoms with E-state index in [1.807, 2.05) is 19.9 Å². The minimum absolute atomic E-state index is 0.809. The van der Waals surface area contributed by atoms with Crippen LogP contribution in [0, 0.1) is 13.8 Å². The number of nitrogens with zero attached hydrogens (tertiary/aromatic N) is 1. The zero-order chi connectivity index (χ0) is 16.9. The molecule has 0 saturated carbocycles. The van der Waals surface area contributed by atoms with Crippen LogP contribution in [0.15, 0.2) is 49.6 Å². The van der Waals surface area contributed by atoms with Crippen molar-refractivity contribution in [1.82, 2.24) is 4.57 Å². The fourth-order valence-electron chi connectivity index (χ4n) is 4.13. The van der Waals surface area contributed by atoms with Crippen molar-refractivity contribution in [1.29, 1.82) is 0 Å². The van der Waals surface area contributed by atoms with Crippen molar-refractivity contribution in [3.05, 3.63) is 47.9 Å². The molecule has 0 bridgehead atoms. The fraction of sp³-hybridized carbons (Fsp3) is 0.143. The Labute approximate surface area is 142 Å². The quantitative estimate of drug-likeness (QED) is 0.334. The summed E-state index contributed by atoms with van der Waals surface area (Å²) in [5.41, 5.74) is 5.55. The van der Waals surface area contributed by atoms with Crippen LogP contribution in [0.4, 0.5) is 0 Å². The number of aryl methyl sites for hydroxylation is 3. The van der Waals surface area contributed by atoms with Crippen molar-refractivity contribution >= 4 is 54.9 Å². The maximum Gasteiger partial charge on any atom is 0.180 e. The van der Waals surface area contributed by atoms with Gasteiger partial charge in [-0.2, -0.15) is 0 Å². The Bertz CT molecular complexity index is 1460. The third kappa shape index (κ3) is 1.48. The van der Waals surface area contributed by atoms with Gasteiger partial charge in [0.25, 0.3) is 0 Å². The summed E-state index contributed by atoms with van der Waals surface area (Å²) in [6, 6.07) is 12.5. The highest BCUT2D eigenvalue weighted by molar-refractivity contribution is 6.22. The molecule has 0 fully saturated rings. The molecule has 0 unspecified atom stereocenters. The van der Waals surface area contributed by atoms with Crippen LogP contribution in [0.1, 0.15) is 11.5 Å². The van der Waals surface area contributed by atoms with Gasteiger partial charge in [-0.3, -0.25) is 0 Å². The van der Waals surface area contributed by atoms with E-state index in [2.05, 4.69) is 41.9 Å². The van der Waals surface area contributed by atoms with Crippen molar-refractivity contribution in [2.24, 2.45) is 7.05 Å². The predicted octanol–water partition coefficient (Wildman–Crippen LogP) is 6.19. The normalized spacial score (nSPS) is 12.6. The summed E-state index contributed by atoms with van der Waals surface area (Å²) < 4.78 is 20.3. The first-order chi connectivity index (χ1) is 12.1. The van der Waals surface area contributed by atoms with Crippen LogP contribution < -0.4 is 0 Å². The molecule has 0 saturated heterocycles. The second-order valence-electron chi connectivity index (χ2n) is 6.79. The van der Waals surface area contributed by atoms with Gasteiger partial charge in [-0.25, -0.2) is 0 Å². The van der Waals surface area contributed by atoms with E-state index in [0.29, 0.717) is 0 Å². The summed E-state index contributed by atoms with van der Waals surface area (Å²) in [5.74, 6) is 1.80. The molecule has 4 nitrogen and oxygen atoms in total. The van der Waals surface area contributed by atoms with Gasteiger partial charge < -0.3 is 17.8 Å². The number of fused-ring (bicyclic) bond motifs is 9. The summed E-state index contributed by atoms with van der Waals surface area (Å²) in [6.45, 7) is 3.93. The first-order valence-corrected chi connectivity index (χ1v) is 8.35. The van der Waals surface area contributed by atoms with E-state index in [-0.39, 0.29) is 0 Å². The lowest BCUT2D eigenvalue weighted by atomic mass is 10.2. The number of benzene rings is 2. The molecule has 0 aliphatic rings. The van der Waals surface area contributed by atoms with Crippen molar-refractivity contribution in [3.63, 3.8) is 0 Å². The Hall–Kier alpha value is -3.14. The van der Waals surface area contributed by atoms with Crippen LogP contribution in [-0.2, 0) is 7.05 Å². The molecule has 0 aliphatic heterocycles. The molecular weight excluding hydrogens is 314 g/mol. The highest BCUT2D eigenvalue weighted by atomic mass is 16.4. The molecule has 122 valence electrons. The van der Waals surface area contributed by atoms with Gasteiger partial charge >= 0.3 is 0 Å². The Balaban J connectivity index is 1.89. The summed E-state index contributed by atoms with van der Waals surface area (Å²) in [4.78, 5) is 0. The van der Waals surface area contributed by atoms with Crippen LogP contribution in [0.5, 0.6) is 0 Å². The molecule has 0 spiro atoms. The Morgan fingerprint density at radius 3 is 1.92 bits per heavy atom. The van der Waals surface area contributed by atoms with Crippen molar-refractivity contribution < 1.29 is 13.3 Å². The number of hydrogen-bond acceptors (Lipinski definition) is 3. The second-order valence-corrected chi connectivity index (χ2v) is 6.79. The lowest BCUT2D eigenvalue weighted by molar-refractivity contribution is 0.569. The van der Waals surface area contributed by atoms with Crippen molar-refractivity contribution in [2.75, 3.05) is 0 Å². The summed E-state index contributed by atoms with van der Waals surface area (Å²) >= 11 is 0. The summed E-state index contributed by atoms with van der Waals surface area (Å²) in [6.07, 6.45) is 0. The van der Waals surface area contributed by atoms with Gasteiger partial charge in [0.15, 0.2) is 22.3 Å². The standard InChI is InChI=1S/C21H15NO3/c1-10-8-12-4-6-14-16(18(12)23-10)22(3)17-15-7-5-13-9-11(2)24-19(13)21(15)25-20(14)17/h4-9H,1-3H3. The third-order valence-corrected chi connectivity index (χ3v) is 5.14. The molecule has 0 atom stereocenters. The van der Waals surface area contributed by atoms with Crippen molar-refractivity contribution in [3.8, 4) is 0 Å². The van der Waals surface area contributed by atoms with Crippen LogP contribution in [0.2, 0.25) is 0 Å². The monoisotopic (exact) mass is 329 g/mol. The van der Waals surface area contributed by atoms with E-state index in [9.17, 15) is 0 Å². The largest absolute Gasteiger partial charge is 0.459 e. The maximum atomic E-state index is 6.31. The van der Waals surface area contributed by atoms with Crippen LogP contribution in [0.3, 0.4) is 0 Å². The molecule has 6 aromatic rings. The van der Waals surface area contributed by atoms with E-state index in [1.54, 1.807) is 0 Å². The first-order valence-electron chi connectivity index (χ1n) is 8.35. The summed E-state index contributed by atoms with van der Waals surface area (Å²) in [5, 5.41) is 4.30. The van der Waals surface area contributed by atoms with Gasteiger partial charge in [-0.05, 0) is 38.1 Å². The highest BCUT2D eigenvalue weighted by Crippen LogP contribution is 2.41. The predicted molar refractivity (Wildman–Crippen MR) is 99.2 cm³/mol. The fourth-order valence-corrected chi connectivity index (χ4v) is 4.13. The van der Waals surface area contributed by atoms with Gasteiger partial charge in [0, 0.05) is 28.6 Å². The number of hydrogen-bond donors (Lipinski definition) is 0. The molecule has 2 aromatic carbocycles. The maximum absolute atomic E-state index is 6.31. The van der Waals surface area contributed by atoms with Crippen LogP contribution >= 0.6 is 0 Å². The van der Waals surface area contributed by atoms with E-state index < -0.39 is 0 Å². The van der Waals surface area contributed by atoms with Crippen LogP contribution in [0.25, 0.3) is 54.9 Å². The van der Waals surface area contributed by atoms with Crippen LogP contribution in [-0.4, -0.2) is 4.57 Å². The SMILES string of the molecule is Cc1cc2ccc3c(oc4c5ccc6cc(C)oc6c5n(C)c34)c2o1. The zero-order valence-corrected chi connectivity index (χ0v) is 14.1. The molecule has 4 heterocycles. The molecule has 0 N–H and O–H groups in total.